The molecule has 6 atom stereocenters. The van der Waals surface area contributed by atoms with Gasteiger partial charge in [-0.3, -0.25) is 0 Å². The van der Waals surface area contributed by atoms with E-state index in [1.165, 1.54) is 43.2 Å². The monoisotopic (exact) mass is 338 g/mol. The molecule has 7 rings (SSSR count). The van der Waals surface area contributed by atoms with Crippen molar-refractivity contribution in [1.82, 2.24) is 0 Å². The maximum absolute atomic E-state index is 2.57. The van der Waals surface area contributed by atoms with Crippen LogP contribution in [0.1, 0.15) is 43.2 Å². The fourth-order valence-corrected chi connectivity index (χ4v) is 8.14. The second kappa shape index (κ2) is 4.71. The molecule has 2 aromatic rings. The summed E-state index contributed by atoms with van der Waals surface area (Å²) in [7, 11) is 0. The summed E-state index contributed by atoms with van der Waals surface area (Å²) in [5.74, 6) is 5.75. The second-order valence-corrected chi connectivity index (χ2v) is 9.85. The van der Waals surface area contributed by atoms with Crippen LogP contribution < -0.4 is 0 Å². The molecule has 0 radical (unpaired) electrons. The zero-order chi connectivity index (χ0) is 16.9. The Labute approximate surface area is 156 Å². The largest absolute Gasteiger partial charge is 0.0848 e. The van der Waals surface area contributed by atoms with Gasteiger partial charge in [-0.25, -0.2) is 0 Å². The van der Waals surface area contributed by atoms with Crippen molar-refractivity contribution in [3.63, 3.8) is 0 Å². The van der Waals surface area contributed by atoms with Gasteiger partial charge in [0.2, 0.25) is 0 Å². The molecule has 26 heavy (non-hydrogen) atoms. The molecule has 6 unspecified atom stereocenters. The molecular formula is C26H26. The molecule has 0 amide bonds. The van der Waals surface area contributed by atoms with Gasteiger partial charge in [0.15, 0.2) is 0 Å². The Morgan fingerprint density at radius 2 is 1.12 bits per heavy atom. The SMILES string of the molecule is C1=CC2CC1C1CC3CC4(CC3CC21)c1ccccc1-c1ccccc14. The van der Waals surface area contributed by atoms with Crippen molar-refractivity contribution in [1.29, 1.82) is 0 Å². The van der Waals surface area contributed by atoms with Crippen LogP contribution in [0, 0.1) is 35.5 Å². The van der Waals surface area contributed by atoms with Gasteiger partial charge in [-0.15, -0.1) is 0 Å². The van der Waals surface area contributed by atoms with Crippen LogP contribution >= 0.6 is 0 Å². The number of fused-ring (bicyclic) bond motifs is 11. The maximum atomic E-state index is 2.57. The minimum atomic E-state index is 0.313. The van der Waals surface area contributed by atoms with E-state index in [4.69, 9.17) is 0 Å². The average Bonchev–Trinajstić information content (AvgIpc) is 3.43. The zero-order valence-electron chi connectivity index (χ0n) is 15.3. The van der Waals surface area contributed by atoms with Crippen LogP contribution in [-0.4, -0.2) is 0 Å². The van der Waals surface area contributed by atoms with Gasteiger partial charge in [0.1, 0.15) is 0 Å². The molecule has 3 fully saturated rings. The van der Waals surface area contributed by atoms with Crippen molar-refractivity contribution in [2.75, 3.05) is 0 Å². The highest BCUT2D eigenvalue weighted by atomic mass is 14.6. The summed E-state index contributed by atoms with van der Waals surface area (Å²) < 4.78 is 0. The van der Waals surface area contributed by atoms with Crippen molar-refractivity contribution < 1.29 is 0 Å². The summed E-state index contributed by atoms with van der Waals surface area (Å²) in [6, 6.07) is 18.6. The maximum Gasteiger partial charge on any atom is 0.0220 e. The van der Waals surface area contributed by atoms with E-state index in [1.54, 1.807) is 11.1 Å². The average molecular weight is 338 g/mol. The first-order valence-electron chi connectivity index (χ1n) is 10.7. The molecule has 2 bridgehead atoms. The molecule has 1 spiro atoms. The Morgan fingerprint density at radius 3 is 1.65 bits per heavy atom. The van der Waals surface area contributed by atoms with Crippen molar-refractivity contribution in [2.24, 2.45) is 35.5 Å². The van der Waals surface area contributed by atoms with E-state index in [0.717, 1.165) is 35.5 Å². The fraction of sp³-hybridized carbons (Fsp3) is 0.462. The molecule has 0 aliphatic heterocycles. The van der Waals surface area contributed by atoms with E-state index in [-0.39, 0.29) is 0 Å². The van der Waals surface area contributed by atoms with Crippen molar-refractivity contribution in [2.45, 2.75) is 37.5 Å². The molecule has 0 saturated heterocycles. The molecular weight excluding hydrogens is 312 g/mol. The van der Waals surface area contributed by atoms with E-state index in [9.17, 15) is 0 Å². The lowest BCUT2D eigenvalue weighted by atomic mass is 9.66. The van der Waals surface area contributed by atoms with Gasteiger partial charge >= 0.3 is 0 Å². The predicted molar refractivity (Wildman–Crippen MR) is 106 cm³/mol. The molecule has 5 aliphatic carbocycles. The highest BCUT2D eigenvalue weighted by Gasteiger charge is 2.57. The van der Waals surface area contributed by atoms with Gasteiger partial charge in [0.05, 0.1) is 0 Å². The smallest absolute Gasteiger partial charge is 0.0220 e. The third kappa shape index (κ3) is 1.59. The lowest BCUT2D eigenvalue weighted by Crippen LogP contribution is -2.31. The lowest BCUT2D eigenvalue weighted by molar-refractivity contribution is 0.124. The van der Waals surface area contributed by atoms with Crippen LogP contribution in [-0.2, 0) is 5.41 Å². The molecule has 0 heteroatoms. The summed E-state index contributed by atoms with van der Waals surface area (Å²) >= 11 is 0. The number of hydrogen-bond acceptors (Lipinski definition) is 0. The molecule has 0 nitrogen and oxygen atoms in total. The standard InChI is InChI=1S/C26H26/c1-3-7-24-20(5-1)21-6-2-4-8-25(21)26(24)14-18-12-22-16-9-10-17(11-16)23(22)13-19(18)15-26/h1-10,16-19,22-23H,11-15H2. The molecule has 130 valence electrons. The van der Waals surface area contributed by atoms with Crippen LogP contribution in [0.2, 0.25) is 0 Å². The predicted octanol–water partition coefficient (Wildman–Crippen LogP) is 6.21. The van der Waals surface area contributed by atoms with Gasteiger partial charge in [-0.2, -0.15) is 0 Å². The van der Waals surface area contributed by atoms with E-state index < -0.39 is 0 Å². The van der Waals surface area contributed by atoms with Crippen LogP contribution in [0.3, 0.4) is 0 Å². The quantitative estimate of drug-likeness (QED) is 0.501. The molecule has 5 aliphatic rings. The number of hydrogen-bond donors (Lipinski definition) is 0. The Kier molecular flexibility index (Phi) is 2.59. The molecule has 2 aromatic carbocycles. The van der Waals surface area contributed by atoms with Gasteiger partial charge in [-0.05, 0) is 89.9 Å². The fourth-order valence-electron chi connectivity index (χ4n) is 8.14. The number of benzene rings is 2. The normalized spacial score (nSPS) is 39.7. The highest BCUT2D eigenvalue weighted by Crippen LogP contribution is 2.66. The van der Waals surface area contributed by atoms with Gasteiger partial charge in [0.25, 0.3) is 0 Å². The Balaban J connectivity index is 1.33. The first-order valence-corrected chi connectivity index (χ1v) is 10.7. The third-order valence-electron chi connectivity index (χ3n) is 9.01. The summed E-state index contributed by atoms with van der Waals surface area (Å²) in [4.78, 5) is 0. The van der Waals surface area contributed by atoms with Gasteiger partial charge in [-0.1, -0.05) is 60.7 Å². The topological polar surface area (TPSA) is 0 Å². The Hall–Kier alpha value is -1.82. The highest BCUT2D eigenvalue weighted by molar-refractivity contribution is 5.81. The minimum absolute atomic E-state index is 0.313. The van der Waals surface area contributed by atoms with Crippen molar-refractivity contribution in [3.8, 4) is 11.1 Å². The minimum Gasteiger partial charge on any atom is -0.0848 e. The molecule has 3 saturated carbocycles. The van der Waals surface area contributed by atoms with Crippen LogP contribution in [0.4, 0.5) is 0 Å². The van der Waals surface area contributed by atoms with E-state index >= 15 is 0 Å². The summed E-state index contributed by atoms with van der Waals surface area (Å²) in [5.41, 5.74) is 6.63. The first kappa shape index (κ1) is 14.3. The Morgan fingerprint density at radius 1 is 0.615 bits per heavy atom. The molecule has 0 N–H and O–H groups in total. The summed E-state index contributed by atoms with van der Waals surface area (Å²) in [6.07, 6.45) is 12.4. The van der Waals surface area contributed by atoms with Gasteiger partial charge in [0, 0.05) is 5.41 Å². The van der Waals surface area contributed by atoms with Crippen LogP contribution in [0.15, 0.2) is 60.7 Å². The van der Waals surface area contributed by atoms with Crippen molar-refractivity contribution >= 4 is 0 Å². The Bertz CT molecular complexity index is 859. The molecule has 0 aromatic heterocycles. The zero-order valence-corrected chi connectivity index (χ0v) is 15.3. The summed E-state index contributed by atoms with van der Waals surface area (Å²) in [6.45, 7) is 0. The van der Waals surface area contributed by atoms with E-state index in [1.807, 2.05) is 0 Å². The van der Waals surface area contributed by atoms with Crippen LogP contribution in [0.5, 0.6) is 0 Å². The first-order chi connectivity index (χ1) is 12.8. The lowest BCUT2D eigenvalue weighted by Gasteiger charge is -2.39. The van der Waals surface area contributed by atoms with E-state index in [2.05, 4.69) is 60.7 Å². The number of rotatable bonds is 0. The van der Waals surface area contributed by atoms with Crippen LogP contribution in [0.25, 0.3) is 11.1 Å². The second-order valence-electron chi connectivity index (χ2n) is 9.85. The third-order valence-corrected chi connectivity index (χ3v) is 9.01. The van der Waals surface area contributed by atoms with Crippen molar-refractivity contribution in [3.05, 3.63) is 71.8 Å². The number of allylic oxidation sites excluding steroid dienone is 2. The van der Waals surface area contributed by atoms with E-state index in [0.29, 0.717) is 5.41 Å². The molecule has 0 heterocycles. The summed E-state index contributed by atoms with van der Waals surface area (Å²) in [5, 5.41) is 0. The van der Waals surface area contributed by atoms with Gasteiger partial charge < -0.3 is 0 Å².